The number of quaternary nitrogens is 1. The molecular weight excluding hydrogens is 758 g/mol. The van der Waals surface area contributed by atoms with Gasteiger partial charge in [0.2, 0.25) is 0 Å². The minimum absolute atomic E-state index is 0. The van der Waals surface area contributed by atoms with Gasteiger partial charge < -0.3 is 37.5 Å². The van der Waals surface area contributed by atoms with Gasteiger partial charge in [-0.15, -0.1) is 11.8 Å². The number of hydrogen-bond donors (Lipinski definition) is 2. The maximum atomic E-state index is 12.7. The maximum Gasteiger partial charge on any atom is 0.373 e. The molecule has 58 heavy (non-hydrogen) atoms. The lowest BCUT2D eigenvalue weighted by molar-refractivity contribution is -0.470. The van der Waals surface area contributed by atoms with Gasteiger partial charge in [0, 0.05) is 50.0 Å². The SMILES string of the molecule is CC#Cc1cc(C)c(CC(=O)CC2(C)CCC(OCC)CC2)c(C)c1.CC#Cc1cc(C)c(CC(=O)O)c(C)c1.CCOC1CCC([NH3+])(C(=O)OC)CC1.O=C=O.[Cl-]. The van der Waals surface area contributed by atoms with Crippen LogP contribution in [0.15, 0.2) is 24.3 Å². The molecule has 0 amide bonds. The number of aliphatic carboxylic acids is 1. The monoisotopic (exact) mass is 823 g/mol. The van der Waals surface area contributed by atoms with Crippen molar-refractivity contribution in [1.29, 1.82) is 0 Å². The van der Waals surface area contributed by atoms with Gasteiger partial charge >= 0.3 is 18.1 Å². The molecule has 2 aliphatic carbocycles. The fourth-order valence-electron chi connectivity index (χ4n) is 7.70. The Morgan fingerprint density at radius 3 is 1.43 bits per heavy atom. The molecule has 320 valence electrons. The van der Waals surface area contributed by atoms with E-state index >= 15 is 0 Å². The molecule has 0 atom stereocenters. The number of Topliss-reactive ketones (excluding diaryl/α,β-unsaturated/α-hetero) is 1. The van der Waals surface area contributed by atoms with E-state index in [0.717, 1.165) is 92.4 Å². The Hall–Kier alpha value is -4.28. The van der Waals surface area contributed by atoms with Crippen molar-refractivity contribution in [1.82, 2.24) is 0 Å². The molecule has 2 fully saturated rings. The second kappa shape index (κ2) is 27.4. The number of ether oxygens (including phenoxy) is 3. The van der Waals surface area contributed by atoms with Crippen LogP contribution in [0, 0.1) is 56.8 Å². The lowest BCUT2D eigenvalue weighted by Gasteiger charge is -2.37. The molecule has 2 saturated carbocycles. The molecule has 11 heteroatoms. The molecule has 0 aliphatic heterocycles. The van der Waals surface area contributed by atoms with Crippen LogP contribution in [0.3, 0.4) is 0 Å². The van der Waals surface area contributed by atoms with E-state index in [1.54, 1.807) is 6.92 Å². The Labute approximate surface area is 353 Å². The molecule has 10 nitrogen and oxygen atoms in total. The van der Waals surface area contributed by atoms with Crippen molar-refractivity contribution in [2.45, 2.75) is 151 Å². The average Bonchev–Trinajstić information content (AvgIpc) is 3.14. The Bertz CT molecular complexity index is 1750. The zero-order valence-corrected chi connectivity index (χ0v) is 37.2. The van der Waals surface area contributed by atoms with Crippen molar-refractivity contribution in [3.8, 4) is 23.7 Å². The molecule has 0 radical (unpaired) electrons. The molecule has 0 heterocycles. The molecule has 0 bridgehead atoms. The number of carboxylic acid groups (broad SMARTS) is 1. The third kappa shape index (κ3) is 18.5. The van der Waals surface area contributed by atoms with Crippen LogP contribution in [0.1, 0.15) is 137 Å². The molecule has 0 aromatic heterocycles. The number of rotatable bonds is 11. The zero-order valence-electron chi connectivity index (χ0n) is 36.5. The predicted octanol–water partition coefficient (Wildman–Crippen LogP) is 4.00. The van der Waals surface area contributed by atoms with Crippen LogP contribution in [-0.4, -0.2) is 67.1 Å². The summed E-state index contributed by atoms with van der Waals surface area (Å²) in [4.78, 5) is 51.1. The summed E-state index contributed by atoms with van der Waals surface area (Å²) in [6.45, 7) is 19.5. The van der Waals surface area contributed by atoms with Crippen molar-refractivity contribution in [2.75, 3.05) is 20.3 Å². The number of carboxylic acids is 1. The van der Waals surface area contributed by atoms with E-state index in [9.17, 15) is 14.4 Å². The summed E-state index contributed by atoms with van der Waals surface area (Å²) in [6.07, 6.45) is 9.96. The molecule has 0 spiro atoms. The fraction of sp³-hybridized carbons (Fsp3) is 0.574. The molecule has 2 aliphatic rings. The first-order valence-corrected chi connectivity index (χ1v) is 19.9. The third-order valence-corrected chi connectivity index (χ3v) is 10.7. The van der Waals surface area contributed by atoms with Crippen molar-refractivity contribution in [2.24, 2.45) is 5.41 Å². The van der Waals surface area contributed by atoms with Gasteiger partial charge in [0.05, 0.1) is 25.7 Å². The van der Waals surface area contributed by atoms with Crippen LogP contribution in [0.4, 0.5) is 0 Å². The van der Waals surface area contributed by atoms with Gasteiger partial charge in [-0.1, -0.05) is 18.8 Å². The normalized spacial score (nSPS) is 20.3. The highest BCUT2D eigenvalue weighted by Crippen LogP contribution is 2.40. The molecule has 0 unspecified atom stereocenters. The predicted molar refractivity (Wildman–Crippen MR) is 220 cm³/mol. The standard InChI is InChI=1S/C23H32O2.C13H14O2.C10H19NO3.CO2.ClH/c1-6-8-19-13-17(3)22(18(4)14-19)15-20(24)16-23(5)11-9-21(10-12-23)25-7-2;1-4-5-11-6-9(2)12(8-13(14)15)10(3)7-11;1-3-14-8-4-6-10(11,7-5-8)9(12)13-2;2-1-3;/h13-14,21H,7,9-12,15-16H2,1-5H3;6-7H,8H2,1-3H3,(H,14,15);8H,3-7,11H2,1-2H3;;1H. The Morgan fingerprint density at radius 1 is 0.741 bits per heavy atom. The molecule has 4 rings (SSSR count). The minimum Gasteiger partial charge on any atom is -1.00 e. The van der Waals surface area contributed by atoms with Gasteiger partial charge in [-0.2, -0.15) is 9.59 Å². The molecule has 2 aromatic rings. The maximum absolute atomic E-state index is 12.7. The van der Waals surface area contributed by atoms with Crippen LogP contribution in [0.2, 0.25) is 0 Å². The first-order chi connectivity index (χ1) is 26.9. The van der Waals surface area contributed by atoms with E-state index in [4.69, 9.17) is 28.9 Å². The summed E-state index contributed by atoms with van der Waals surface area (Å²) in [5, 5.41) is 8.76. The summed E-state index contributed by atoms with van der Waals surface area (Å²) in [7, 11) is 1.42. The van der Waals surface area contributed by atoms with Crippen LogP contribution in [-0.2, 0) is 51.0 Å². The van der Waals surface area contributed by atoms with E-state index in [-0.39, 0.29) is 36.4 Å². The Balaban J connectivity index is 0.000000850. The number of carbonyl (C=O) groups excluding carboxylic acids is 4. The summed E-state index contributed by atoms with van der Waals surface area (Å²) in [5.41, 5.74) is 12.0. The second-order valence-corrected chi connectivity index (χ2v) is 15.4. The van der Waals surface area contributed by atoms with Crippen molar-refractivity contribution < 1.29 is 61.4 Å². The number of esters is 1. The number of hydrogen-bond acceptors (Lipinski definition) is 8. The third-order valence-electron chi connectivity index (χ3n) is 10.7. The topological polar surface area (TPSA) is 161 Å². The van der Waals surface area contributed by atoms with Crippen molar-refractivity contribution in [3.63, 3.8) is 0 Å². The number of ketones is 1. The lowest BCUT2D eigenvalue weighted by Crippen LogP contribution is -3.00. The lowest BCUT2D eigenvalue weighted by atomic mass is 9.71. The molecule has 4 N–H and O–H groups in total. The smallest absolute Gasteiger partial charge is 0.373 e. The van der Waals surface area contributed by atoms with Crippen LogP contribution >= 0.6 is 0 Å². The molecular formula is C47H66ClNO9. The van der Waals surface area contributed by atoms with E-state index in [1.807, 2.05) is 39.8 Å². The number of benzene rings is 2. The number of aryl methyl sites for hydroxylation is 4. The summed E-state index contributed by atoms with van der Waals surface area (Å²) >= 11 is 0. The number of carbonyl (C=O) groups is 3. The van der Waals surface area contributed by atoms with E-state index < -0.39 is 11.5 Å². The summed E-state index contributed by atoms with van der Waals surface area (Å²) < 4.78 is 16.0. The van der Waals surface area contributed by atoms with E-state index in [0.29, 0.717) is 30.8 Å². The number of methoxy groups -OCH3 is 1. The van der Waals surface area contributed by atoms with Gasteiger partial charge in [-0.25, -0.2) is 4.79 Å². The molecule has 0 saturated heterocycles. The Morgan fingerprint density at radius 2 is 1.10 bits per heavy atom. The fourth-order valence-corrected chi connectivity index (χ4v) is 7.70. The highest BCUT2D eigenvalue weighted by molar-refractivity contribution is 5.82. The largest absolute Gasteiger partial charge is 1.00 e. The van der Waals surface area contributed by atoms with Gasteiger partial charge in [-0.3, -0.25) is 9.59 Å². The van der Waals surface area contributed by atoms with Crippen molar-refractivity contribution >= 4 is 23.9 Å². The quantitative estimate of drug-likeness (QED) is 0.252. The highest BCUT2D eigenvalue weighted by Gasteiger charge is 2.43. The minimum atomic E-state index is -0.796. The molecule has 2 aromatic carbocycles. The summed E-state index contributed by atoms with van der Waals surface area (Å²) in [5.74, 6) is 11.2. The second-order valence-electron chi connectivity index (χ2n) is 15.4. The van der Waals surface area contributed by atoms with Gasteiger partial charge in [0.15, 0.2) is 5.54 Å². The average molecular weight is 824 g/mol. The van der Waals surface area contributed by atoms with Gasteiger partial charge in [0.25, 0.3) is 0 Å². The zero-order chi connectivity index (χ0) is 43.2. The van der Waals surface area contributed by atoms with Crippen LogP contribution in [0.25, 0.3) is 0 Å². The van der Waals surface area contributed by atoms with Crippen molar-refractivity contribution in [3.05, 3.63) is 68.8 Å². The van der Waals surface area contributed by atoms with Gasteiger partial charge in [0.1, 0.15) is 5.78 Å². The summed E-state index contributed by atoms with van der Waals surface area (Å²) in [6, 6.07) is 8.06. The van der Waals surface area contributed by atoms with E-state index in [2.05, 4.69) is 69.2 Å². The highest BCUT2D eigenvalue weighted by atomic mass is 35.5. The number of halogens is 1. The first kappa shape index (κ1) is 53.7. The van der Waals surface area contributed by atoms with Gasteiger partial charge in [-0.05, 0) is 157 Å². The van der Waals surface area contributed by atoms with E-state index in [1.165, 1.54) is 23.8 Å². The Kier molecular flexibility index (Phi) is 25.4. The first-order valence-electron chi connectivity index (χ1n) is 19.9. The van der Waals surface area contributed by atoms with Crippen LogP contribution < -0.4 is 18.1 Å². The van der Waals surface area contributed by atoms with Crippen LogP contribution in [0.5, 0.6) is 0 Å².